The first-order valence-electron chi connectivity index (χ1n) is 7.81. The van der Waals surface area contributed by atoms with Gasteiger partial charge < -0.3 is 9.80 Å². The maximum atomic E-state index is 4.99. The zero-order valence-corrected chi connectivity index (χ0v) is 11.9. The highest BCUT2D eigenvalue weighted by Gasteiger charge is 2.23. The second-order valence-electron chi connectivity index (χ2n) is 5.91. The summed E-state index contributed by atoms with van der Waals surface area (Å²) < 4.78 is 0. The van der Waals surface area contributed by atoms with Gasteiger partial charge >= 0.3 is 0 Å². The number of fused-ring (bicyclic) bond motifs is 1. The number of pyridine rings is 1. The number of nitrogens with zero attached hydrogens (tertiary/aromatic N) is 3. The molecule has 0 unspecified atom stereocenters. The second-order valence-corrected chi connectivity index (χ2v) is 5.91. The summed E-state index contributed by atoms with van der Waals surface area (Å²) in [6.45, 7) is 4.68. The van der Waals surface area contributed by atoms with E-state index in [1.807, 2.05) is 0 Å². The second kappa shape index (κ2) is 4.97. The van der Waals surface area contributed by atoms with Crippen molar-refractivity contribution in [3.05, 3.63) is 30.3 Å². The van der Waals surface area contributed by atoms with Gasteiger partial charge in [-0.3, -0.25) is 0 Å². The molecule has 2 aliphatic heterocycles. The third kappa shape index (κ3) is 2.01. The van der Waals surface area contributed by atoms with Crippen molar-refractivity contribution in [2.24, 2.45) is 0 Å². The Morgan fingerprint density at radius 2 is 1.45 bits per heavy atom. The summed E-state index contributed by atoms with van der Waals surface area (Å²) in [6, 6.07) is 10.8. The van der Waals surface area contributed by atoms with Gasteiger partial charge in [0.2, 0.25) is 0 Å². The van der Waals surface area contributed by atoms with Crippen LogP contribution >= 0.6 is 0 Å². The van der Waals surface area contributed by atoms with Crippen LogP contribution in [0.15, 0.2) is 30.3 Å². The van der Waals surface area contributed by atoms with Crippen molar-refractivity contribution >= 4 is 22.4 Å². The molecule has 4 rings (SSSR count). The molecule has 0 saturated carbocycles. The lowest BCUT2D eigenvalue weighted by atomic mass is 10.2. The Bertz CT molecular complexity index is 556. The fourth-order valence-electron chi connectivity index (χ4n) is 3.45. The van der Waals surface area contributed by atoms with E-state index in [9.17, 15) is 0 Å². The minimum atomic E-state index is 1.12. The first-order chi connectivity index (χ1) is 9.92. The molecule has 0 radical (unpaired) electrons. The Morgan fingerprint density at radius 1 is 0.800 bits per heavy atom. The molecule has 0 spiro atoms. The van der Waals surface area contributed by atoms with Gasteiger partial charge in [-0.25, -0.2) is 4.98 Å². The van der Waals surface area contributed by atoms with Crippen LogP contribution in [0.25, 0.3) is 10.9 Å². The summed E-state index contributed by atoms with van der Waals surface area (Å²) in [6.07, 6.45) is 5.22. The summed E-state index contributed by atoms with van der Waals surface area (Å²) in [4.78, 5) is 9.98. The van der Waals surface area contributed by atoms with E-state index >= 15 is 0 Å². The van der Waals surface area contributed by atoms with Gasteiger partial charge in [-0.15, -0.1) is 0 Å². The van der Waals surface area contributed by atoms with Gasteiger partial charge in [0.1, 0.15) is 0 Å². The Kier molecular flexibility index (Phi) is 2.98. The number of para-hydroxylation sites is 1. The summed E-state index contributed by atoms with van der Waals surface area (Å²) in [5.74, 6) is 1.21. The van der Waals surface area contributed by atoms with E-state index in [1.54, 1.807) is 0 Å². The summed E-state index contributed by atoms with van der Waals surface area (Å²) in [5.41, 5.74) is 2.47. The van der Waals surface area contributed by atoms with Crippen molar-refractivity contribution in [1.29, 1.82) is 0 Å². The average molecular weight is 267 g/mol. The lowest BCUT2D eigenvalue weighted by molar-refractivity contribution is 0.909. The molecule has 20 heavy (non-hydrogen) atoms. The molecule has 0 atom stereocenters. The quantitative estimate of drug-likeness (QED) is 0.831. The van der Waals surface area contributed by atoms with E-state index in [2.05, 4.69) is 40.1 Å². The van der Waals surface area contributed by atoms with Gasteiger partial charge in [-0.1, -0.05) is 18.2 Å². The van der Waals surface area contributed by atoms with E-state index in [0.29, 0.717) is 0 Å². The number of hydrogen-bond acceptors (Lipinski definition) is 3. The molecule has 3 heteroatoms. The Hall–Kier alpha value is -1.77. The van der Waals surface area contributed by atoms with Crippen molar-refractivity contribution in [3.63, 3.8) is 0 Å². The molecular formula is C17H21N3. The number of hydrogen-bond donors (Lipinski definition) is 0. The highest BCUT2D eigenvalue weighted by molar-refractivity contribution is 5.87. The molecule has 2 fully saturated rings. The lowest BCUT2D eigenvalue weighted by Gasteiger charge is -2.26. The molecule has 0 aliphatic carbocycles. The molecule has 1 aromatic heterocycles. The topological polar surface area (TPSA) is 19.4 Å². The predicted molar refractivity (Wildman–Crippen MR) is 84.6 cm³/mol. The van der Waals surface area contributed by atoms with Crippen molar-refractivity contribution < 1.29 is 0 Å². The highest BCUT2D eigenvalue weighted by Crippen LogP contribution is 2.34. The van der Waals surface area contributed by atoms with Crippen LogP contribution in [0, 0.1) is 0 Å². The van der Waals surface area contributed by atoms with Crippen molar-refractivity contribution in [1.82, 2.24) is 4.98 Å². The summed E-state index contributed by atoms with van der Waals surface area (Å²) >= 11 is 0. The molecule has 2 saturated heterocycles. The van der Waals surface area contributed by atoms with E-state index in [1.165, 1.54) is 55.7 Å². The monoisotopic (exact) mass is 267 g/mol. The standard InChI is InChI=1S/C17H21N3/c1-2-8-15-14(7-1)13-16(19-9-3-4-10-19)17(18-15)20-11-5-6-12-20/h1-2,7-8,13H,3-6,9-12H2. The molecule has 2 aromatic rings. The smallest absolute Gasteiger partial charge is 0.152 e. The first kappa shape index (κ1) is 12.0. The number of aromatic nitrogens is 1. The Labute approximate surface area is 120 Å². The Balaban J connectivity index is 1.85. The van der Waals surface area contributed by atoms with Crippen LogP contribution < -0.4 is 9.80 Å². The number of anilines is 2. The third-order valence-electron chi connectivity index (χ3n) is 4.54. The third-order valence-corrected chi connectivity index (χ3v) is 4.54. The number of rotatable bonds is 2. The van der Waals surface area contributed by atoms with Gasteiger partial charge in [0, 0.05) is 31.6 Å². The summed E-state index contributed by atoms with van der Waals surface area (Å²) in [7, 11) is 0. The normalized spacial score (nSPS) is 19.2. The highest BCUT2D eigenvalue weighted by atomic mass is 15.3. The fourth-order valence-corrected chi connectivity index (χ4v) is 3.45. The van der Waals surface area contributed by atoms with Crippen LogP contribution in [0.2, 0.25) is 0 Å². The van der Waals surface area contributed by atoms with Crippen LogP contribution in [0.4, 0.5) is 11.5 Å². The van der Waals surface area contributed by atoms with Crippen molar-refractivity contribution in [2.45, 2.75) is 25.7 Å². The first-order valence-corrected chi connectivity index (χ1v) is 7.81. The number of benzene rings is 1. The van der Waals surface area contributed by atoms with Crippen LogP contribution in [0.5, 0.6) is 0 Å². The summed E-state index contributed by atoms with van der Waals surface area (Å²) in [5, 5.41) is 1.26. The maximum Gasteiger partial charge on any atom is 0.152 e. The van der Waals surface area contributed by atoms with E-state index in [4.69, 9.17) is 4.98 Å². The minimum absolute atomic E-state index is 1.12. The molecule has 0 N–H and O–H groups in total. The molecule has 2 aliphatic rings. The van der Waals surface area contributed by atoms with Crippen LogP contribution in [0.3, 0.4) is 0 Å². The lowest BCUT2D eigenvalue weighted by Crippen LogP contribution is -2.25. The molecule has 3 heterocycles. The van der Waals surface area contributed by atoms with E-state index in [0.717, 1.165) is 18.6 Å². The molecule has 104 valence electrons. The van der Waals surface area contributed by atoms with Crippen molar-refractivity contribution in [3.8, 4) is 0 Å². The van der Waals surface area contributed by atoms with Gasteiger partial charge in [-0.2, -0.15) is 0 Å². The van der Waals surface area contributed by atoms with Crippen LogP contribution in [0.1, 0.15) is 25.7 Å². The SMILES string of the molecule is c1ccc2nc(N3CCCC3)c(N3CCCC3)cc2c1. The Morgan fingerprint density at radius 3 is 2.20 bits per heavy atom. The zero-order valence-electron chi connectivity index (χ0n) is 11.9. The molecule has 0 amide bonds. The predicted octanol–water partition coefficient (Wildman–Crippen LogP) is 3.44. The largest absolute Gasteiger partial charge is 0.369 e. The maximum absolute atomic E-state index is 4.99. The molecular weight excluding hydrogens is 246 g/mol. The fraction of sp³-hybridized carbons (Fsp3) is 0.471. The van der Waals surface area contributed by atoms with E-state index < -0.39 is 0 Å². The van der Waals surface area contributed by atoms with Crippen LogP contribution in [-0.4, -0.2) is 31.2 Å². The average Bonchev–Trinajstić information content (AvgIpc) is 3.19. The van der Waals surface area contributed by atoms with Gasteiger partial charge in [0.15, 0.2) is 5.82 Å². The molecule has 3 nitrogen and oxygen atoms in total. The minimum Gasteiger partial charge on any atom is -0.369 e. The van der Waals surface area contributed by atoms with Crippen LogP contribution in [-0.2, 0) is 0 Å². The van der Waals surface area contributed by atoms with Gasteiger partial charge in [-0.05, 0) is 37.8 Å². The van der Waals surface area contributed by atoms with Crippen molar-refractivity contribution in [2.75, 3.05) is 36.0 Å². The molecule has 1 aromatic carbocycles. The zero-order chi connectivity index (χ0) is 13.4. The van der Waals surface area contributed by atoms with E-state index in [-0.39, 0.29) is 0 Å². The molecule has 0 bridgehead atoms. The van der Waals surface area contributed by atoms with Gasteiger partial charge in [0.25, 0.3) is 0 Å². The van der Waals surface area contributed by atoms with Gasteiger partial charge in [0.05, 0.1) is 11.2 Å².